The van der Waals surface area contributed by atoms with Crippen LogP contribution in [0.2, 0.25) is 4.34 Å². The summed E-state index contributed by atoms with van der Waals surface area (Å²) in [4.78, 5) is 24.7. The van der Waals surface area contributed by atoms with Crippen molar-refractivity contribution in [1.29, 1.82) is 0 Å². The monoisotopic (exact) mass is 422 g/mol. The first-order valence-electron chi connectivity index (χ1n) is 7.84. The van der Waals surface area contributed by atoms with Gasteiger partial charge in [0.1, 0.15) is 15.7 Å². The first-order valence-corrected chi connectivity index (χ1v) is 10.5. The molecule has 144 valence electrons. The molecule has 0 aliphatic carbocycles. The largest absolute Gasteiger partial charge is 0.504 e. The Kier molecular flexibility index (Phi) is 6.01. The van der Waals surface area contributed by atoms with E-state index in [0.717, 1.165) is 0 Å². The van der Waals surface area contributed by atoms with E-state index in [1.165, 1.54) is 16.3 Å². The van der Waals surface area contributed by atoms with Gasteiger partial charge in [-0.05, 0) is 6.92 Å². The van der Waals surface area contributed by atoms with Gasteiger partial charge in [-0.1, -0.05) is 25.4 Å². The second-order valence-electron chi connectivity index (χ2n) is 5.28. The Morgan fingerprint density at radius 3 is 2.19 bits per heavy atom. The zero-order valence-electron chi connectivity index (χ0n) is 14.7. The van der Waals surface area contributed by atoms with Gasteiger partial charge >= 0.3 is 0 Å². The zero-order chi connectivity index (χ0) is 19.8. The third kappa shape index (κ3) is 3.11. The second-order valence-corrected chi connectivity index (χ2v) is 9.03. The molecule has 26 heavy (non-hydrogen) atoms. The molecular weight excluding hydrogens is 404 g/mol. The number of aromatic hydroxyl groups is 1. The lowest BCUT2D eigenvalue weighted by molar-refractivity contribution is 0.334. The highest BCUT2D eigenvalue weighted by molar-refractivity contribution is 7.91. The molecule has 1 N–H and O–H groups in total. The molecule has 1 aromatic heterocycles. The maximum absolute atomic E-state index is 12.7. The van der Waals surface area contributed by atoms with Crippen LogP contribution in [0.4, 0.5) is 11.4 Å². The summed E-state index contributed by atoms with van der Waals surface area (Å²) in [5.74, 6) is -0.695. The number of hydrogen-bond donors (Lipinski definition) is 1. The number of halogens is 1. The van der Waals surface area contributed by atoms with Gasteiger partial charge in [-0.25, -0.2) is 8.42 Å². The Hall–Kier alpha value is -1.62. The minimum absolute atomic E-state index is 0.0220. The fourth-order valence-corrected chi connectivity index (χ4v) is 6.08. The first kappa shape index (κ1) is 20.7. The van der Waals surface area contributed by atoms with E-state index < -0.39 is 26.6 Å². The molecule has 0 aliphatic heterocycles. The van der Waals surface area contributed by atoms with Crippen LogP contribution >= 0.6 is 22.9 Å². The predicted octanol–water partition coefficient (Wildman–Crippen LogP) is 1.90. The van der Waals surface area contributed by atoms with Crippen LogP contribution in [0, 0.1) is 0 Å². The van der Waals surface area contributed by atoms with Crippen molar-refractivity contribution in [3.8, 4) is 11.5 Å². The van der Waals surface area contributed by atoms with Crippen molar-refractivity contribution in [2.24, 2.45) is 0 Å². The minimum atomic E-state index is -3.94. The van der Waals surface area contributed by atoms with E-state index in [9.17, 15) is 23.1 Å². The molecule has 2 aromatic rings. The second kappa shape index (κ2) is 7.55. The maximum atomic E-state index is 12.7. The molecule has 8 nitrogen and oxygen atoms in total. The smallest absolute Gasteiger partial charge is 0.272 e. The normalized spacial score (nSPS) is 12.1. The molecule has 0 fully saturated rings. The summed E-state index contributed by atoms with van der Waals surface area (Å²) in [5, 5.41) is 10.5. The average molecular weight is 423 g/mol. The Morgan fingerprint density at radius 2 is 1.69 bits per heavy atom. The van der Waals surface area contributed by atoms with Crippen molar-refractivity contribution < 1.29 is 18.3 Å². The van der Waals surface area contributed by atoms with Gasteiger partial charge in [0.05, 0.1) is 6.61 Å². The number of ether oxygens (including phenoxy) is 1. The van der Waals surface area contributed by atoms with Gasteiger partial charge in [0, 0.05) is 20.1 Å². The van der Waals surface area contributed by atoms with Gasteiger partial charge in [0.25, 0.3) is 20.9 Å². The van der Waals surface area contributed by atoms with Crippen LogP contribution in [0.5, 0.6) is 11.5 Å². The molecule has 0 saturated heterocycles. The van der Waals surface area contributed by atoms with Crippen LogP contribution in [-0.4, -0.2) is 44.6 Å². The van der Waals surface area contributed by atoms with E-state index in [1.54, 1.807) is 20.8 Å². The Morgan fingerprint density at radius 1 is 1.12 bits per heavy atom. The molecule has 0 bridgehead atoms. The number of thiophene rings is 1. The summed E-state index contributed by atoms with van der Waals surface area (Å²) in [6.45, 7) is 5.65. The number of nitrogens with zero attached hydrogens (tertiary/aromatic N) is 2. The predicted molar refractivity (Wildman–Crippen MR) is 102 cm³/mol. The molecule has 2 rings (SSSR count). The molecule has 0 spiro atoms. The van der Waals surface area contributed by atoms with Crippen LogP contribution in [0.15, 0.2) is 13.8 Å². The van der Waals surface area contributed by atoms with Gasteiger partial charge in [-0.15, -0.1) is 11.3 Å². The lowest BCUT2D eigenvalue weighted by Gasteiger charge is -2.22. The molecule has 1 aromatic carbocycles. The van der Waals surface area contributed by atoms with Crippen LogP contribution in [0.25, 0.3) is 0 Å². The number of hydrogen-bond acceptors (Lipinski definition) is 8. The fourth-order valence-electron chi connectivity index (χ4n) is 2.57. The summed E-state index contributed by atoms with van der Waals surface area (Å²) < 4.78 is 31.4. The van der Waals surface area contributed by atoms with E-state index in [4.69, 9.17) is 16.3 Å². The van der Waals surface area contributed by atoms with Crippen molar-refractivity contribution in [2.45, 2.75) is 25.0 Å². The number of anilines is 2. The molecule has 0 amide bonds. The van der Waals surface area contributed by atoms with Crippen molar-refractivity contribution in [3.05, 3.63) is 24.8 Å². The highest BCUT2D eigenvalue weighted by Crippen LogP contribution is 2.50. The van der Waals surface area contributed by atoms with E-state index in [2.05, 4.69) is 0 Å². The summed E-state index contributed by atoms with van der Waals surface area (Å²) in [5.41, 5.74) is -1.68. The van der Waals surface area contributed by atoms with Gasteiger partial charge in [-0.2, -0.15) is 4.31 Å². The fraction of sp³-hybridized carbons (Fsp3) is 0.467. The Bertz CT molecular complexity index is 987. The molecule has 1 heterocycles. The molecule has 11 heteroatoms. The van der Waals surface area contributed by atoms with Crippen LogP contribution in [0.3, 0.4) is 0 Å². The number of rotatable bonds is 8. The molecule has 0 radical (unpaired) electrons. The van der Waals surface area contributed by atoms with E-state index in [0.29, 0.717) is 11.3 Å². The topological polar surface area (TPSA) is 104 Å². The molecule has 0 aliphatic rings. The van der Waals surface area contributed by atoms with Crippen LogP contribution in [0.1, 0.15) is 20.8 Å². The van der Waals surface area contributed by atoms with Crippen LogP contribution < -0.4 is 20.5 Å². The summed E-state index contributed by atoms with van der Waals surface area (Å²) >= 11 is 6.84. The van der Waals surface area contributed by atoms with E-state index in [1.807, 2.05) is 0 Å². The lowest BCUT2D eigenvalue weighted by Crippen LogP contribution is -2.38. The third-order valence-electron chi connectivity index (χ3n) is 3.87. The van der Waals surface area contributed by atoms with Crippen molar-refractivity contribution in [2.75, 3.05) is 31.6 Å². The summed E-state index contributed by atoms with van der Waals surface area (Å²) in [6.07, 6.45) is 0. The standard InChI is InChI=1S/C15H19ClN2O6S2/c1-5-18(6-2)26(22,23)15-11(20)9(14(16)25-15)17(4)8-10(19)12(21)13(8)24-7-3/h20H,5-7H2,1-4H3. The highest BCUT2D eigenvalue weighted by Gasteiger charge is 2.35. The summed E-state index contributed by atoms with van der Waals surface area (Å²) in [6, 6.07) is 0. The zero-order valence-corrected chi connectivity index (χ0v) is 17.1. The van der Waals surface area contributed by atoms with E-state index >= 15 is 0 Å². The van der Waals surface area contributed by atoms with Gasteiger partial charge < -0.3 is 14.7 Å². The van der Waals surface area contributed by atoms with Gasteiger partial charge in [-0.3, -0.25) is 9.59 Å². The SMILES string of the molecule is CCOc1c(N(C)c2c(Cl)sc(S(=O)(=O)N(CC)CC)c2O)c(=O)c1=O. The highest BCUT2D eigenvalue weighted by atomic mass is 35.5. The maximum Gasteiger partial charge on any atom is 0.272 e. The molecule has 0 atom stereocenters. The van der Waals surface area contributed by atoms with Crippen molar-refractivity contribution in [1.82, 2.24) is 4.31 Å². The number of sulfonamides is 1. The summed E-state index contributed by atoms with van der Waals surface area (Å²) in [7, 11) is -2.54. The minimum Gasteiger partial charge on any atom is -0.504 e. The molecule has 0 saturated carbocycles. The third-order valence-corrected chi connectivity index (χ3v) is 7.77. The van der Waals surface area contributed by atoms with Crippen LogP contribution in [-0.2, 0) is 10.0 Å². The van der Waals surface area contributed by atoms with Gasteiger partial charge in [0.2, 0.25) is 0 Å². The van der Waals surface area contributed by atoms with E-state index in [-0.39, 0.29) is 45.4 Å². The molecule has 0 unspecified atom stereocenters. The van der Waals surface area contributed by atoms with Gasteiger partial charge in [0.15, 0.2) is 15.7 Å². The Balaban J connectivity index is 2.58. The lowest BCUT2D eigenvalue weighted by atomic mass is 10.2. The van der Waals surface area contributed by atoms with Crippen molar-refractivity contribution >= 4 is 44.3 Å². The average Bonchev–Trinajstić information content (AvgIpc) is 2.90. The quantitative estimate of drug-likeness (QED) is 0.648. The Labute approximate surface area is 159 Å². The van der Waals surface area contributed by atoms with Crippen molar-refractivity contribution in [3.63, 3.8) is 0 Å². The first-order chi connectivity index (χ1) is 12.1. The molecular formula is C15H19ClN2O6S2.